The van der Waals surface area contributed by atoms with Crippen LogP contribution < -0.4 is 0 Å². The molecule has 0 spiro atoms. The van der Waals surface area contributed by atoms with Crippen molar-refractivity contribution in [2.45, 2.75) is 46.7 Å². The summed E-state index contributed by atoms with van der Waals surface area (Å²) in [5.74, 6) is 0.230. The Hall–Kier alpha value is -2.39. The molecule has 10 heteroatoms. The Balaban J connectivity index is 2.21. The summed E-state index contributed by atoms with van der Waals surface area (Å²) in [4.78, 5) is 17.6. The molecule has 0 aromatic carbocycles. The molecule has 2 aromatic heterocycles. The fraction of sp³-hybridized carbons (Fsp3) is 0.615. The van der Waals surface area contributed by atoms with E-state index >= 15 is 0 Å². The summed E-state index contributed by atoms with van der Waals surface area (Å²) in [5.41, 5.74) is 0.497. The molecular formula is C13H18F2N6O2. The predicted molar refractivity (Wildman–Crippen MR) is 75.1 cm³/mol. The van der Waals surface area contributed by atoms with Gasteiger partial charge in [0.1, 0.15) is 6.54 Å². The van der Waals surface area contributed by atoms with E-state index in [9.17, 15) is 13.6 Å². The molecule has 0 aliphatic rings. The molecule has 0 aliphatic carbocycles. The Morgan fingerprint density at radius 3 is 2.57 bits per heavy atom. The van der Waals surface area contributed by atoms with Gasteiger partial charge in [-0.3, -0.25) is 4.79 Å². The van der Waals surface area contributed by atoms with Gasteiger partial charge in [0.15, 0.2) is 11.5 Å². The first-order valence-corrected chi connectivity index (χ1v) is 7.08. The molecule has 0 aliphatic heterocycles. The lowest BCUT2D eigenvalue weighted by Crippen LogP contribution is -2.40. The maximum atomic E-state index is 12.7. The molecule has 8 nitrogen and oxygen atoms in total. The number of hydrogen-bond acceptors (Lipinski definition) is 6. The van der Waals surface area contributed by atoms with Crippen LogP contribution in [-0.2, 0) is 6.54 Å². The molecule has 0 saturated heterocycles. The van der Waals surface area contributed by atoms with Gasteiger partial charge in [0, 0.05) is 13.0 Å². The lowest BCUT2D eigenvalue weighted by atomic mass is 10.2. The van der Waals surface area contributed by atoms with Crippen LogP contribution in [0.4, 0.5) is 8.78 Å². The smallest absolute Gasteiger partial charge is 0.276 e. The van der Waals surface area contributed by atoms with Gasteiger partial charge in [0.25, 0.3) is 12.3 Å². The Kier molecular flexibility index (Phi) is 5.02. The number of hydrogen-bond donors (Lipinski definition) is 0. The predicted octanol–water partition coefficient (Wildman–Crippen LogP) is 1.44. The maximum Gasteiger partial charge on any atom is 0.276 e. The highest BCUT2D eigenvalue weighted by atomic mass is 19.3. The Bertz CT molecular complexity index is 682. The van der Waals surface area contributed by atoms with Crippen LogP contribution in [0.5, 0.6) is 0 Å². The number of aryl methyl sites for hydroxylation is 1. The topological polar surface area (TPSA) is 89.9 Å². The SMILES string of the molecule is Cc1nc(Cn2nnc(C(=O)N(CC(F)F)C(C)C)c2C)no1. The van der Waals surface area contributed by atoms with Crippen molar-refractivity contribution < 1.29 is 18.1 Å². The number of alkyl halides is 2. The summed E-state index contributed by atoms with van der Waals surface area (Å²) in [5, 5.41) is 11.4. The van der Waals surface area contributed by atoms with Crippen molar-refractivity contribution in [3.05, 3.63) is 23.1 Å². The zero-order valence-corrected chi connectivity index (χ0v) is 13.3. The van der Waals surface area contributed by atoms with E-state index in [1.165, 1.54) is 4.68 Å². The van der Waals surface area contributed by atoms with E-state index in [1.54, 1.807) is 27.7 Å². The van der Waals surface area contributed by atoms with Crippen molar-refractivity contribution in [2.24, 2.45) is 0 Å². The fourth-order valence-corrected chi connectivity index (χ4v) is 2.06. The number of rotatable bonds is 6. The fourth-order valence-electron chi connectivity index (χ4n) is 2.06. The van der Waals surface area contributed by atoms with Gasteiger partial charge >= 0.3 is 0 Å². The molecule has 0 atom stereocenters. The monoisotopic (exact) mass is 328 g/mol. The Morgan fingerprint density at radius 1 is 1.35 bits per heavy atom. The van der Waals surface area contributed by atoms with Gasteiger partial charge in [-0.2, -0.15) is 4.98 Å². The van der Waals surface area contributed by atoms with Crippen LogP contribution in [0.25, 0.3) is 0 Å². The average molecular weight is 328 g/mol. The van der Waals surface area contributed by atoms with Gasteiger partial charge in [-0.15, -0.1) is 5.10 Å². The van der Waals surface area contributed by atoms with Gasteiger partial charge in [0.05, 0.1) is 12.2 Å². The van der Waals surface area contributed by atoms with Gasteiger partial charge in [0.2, 0.25) is 5.89 Å². The van der Waals surface area contributed by atoms with E-state index in [0.717, 1.165) is 4.90 Å². The first kappa shape index (κ1) is 17.0. The Morgan fingerprint density at radius 2 is 2.04 bits per heavy atom. The van der Waals surface area contributed by atoms with E-state index in [2.05, 4.69) is 20.5 Å². The van der Waals surface area contributed by atoms with Crippen LogP contribution in [0.15, 0.2) is 4.52 Å². The molecule has 1 amide bonds. The zero-order chi connectivity index (χ0) is 17.1. The summed E-state index contributed by atoms with van der Waals surface area (Å²) in [6.07, 6.45) is -2.61. The molecule has 126 valence electrons. The number of nitrogens with zero attached hydrogens (tertiary/aromatic N) is 6. The highest BCUT2D eigenvalue weighted by molar-refractivity contribution is 5.93. The van der Waals surface area contributed by atoms with Crippen LogP contribution in [0, 0.1) is 13.8 Å². The van der Waals surface area contributed by atoms with Crippen LogP contribution >= 0.6 is 0 Å². The van der Waals surface area contributed by atoms with Crippen LogP contribution in [0.3, 0.4) is 0 Å². The third kappa shape index (κ3) is 3.88. The van der Waals surface area contributed by atoms with Crippen LogP contribution in [0.2, 0.25) is 0 Å². The number of carbonyl (C=O) groups excluding carboxylic acids is 1. The first-order valence-electron chi connectivity index (χ1n) is 7.08. The first-order chi connectivity index (χ1) is 10.8. The summed E-state index contributed by atoms with van der Waals surface area (Å²) >= 11 is 0. The molecule has 0 unspecified atom stereocenters. The number of halogens is 2. The molecule has 2 aromatic rings. The molecule has 0 bridgehead atoms. The molecule has 23 heavy (non-hydrogen) atoms. The van der Waals surface area contributed by atoms with Gasteiger partial charge in [-0.05, 0) is 20.8 Å². The highest BCUT2D eigenvalue weighted by Crippen LogP contribution is 2.13. The normalized spacial score (nSPS) is 11.5. The second kappa shape index (κ2) is 6.80. The lowest BCUT2D eigenvalue weighted by molar-refractivity contribution is 0.0470. The summed E-state index contributed by atoms with van der Waals surface area (Å²) in [7, 11) is 0. The second-order valence-corrected chi connectivity index (χ2v) is 5.35. The van der Waals surface area contributed by atoms with Crippen molar-refractivity contribution in [3.8, 4) is 0 Å². The minimum absolute atomic E-state index is 0.0413. The number of aromatic nitrogens is 5. The molecule has 0 saturated carbocycles. The summed E-state index contributed by atoms with van der Waals surface area (Å²) in [6, 6.07) is -0.374. The molecule has 2 heterocycles. The van der Waals surface area contributed by atoms with E-state index in [-0.39, 0.29) is 18.3 Å². The standard InChI is InChI=1S/C13H18F2N6O2/c1-7(2)20(5-10(14)15)13(22)12-8(3)21(19-17-12)6-11-16-9(4)23-18-11/h7,10H,5-6H2,1-4H3. The number of amides is 1. The van der Waals surface area contributed by atoms with E-state index in [4.69, 9.17) is 4.52 Å². The summed E-state index contributed by atoms with van der Waals surface area (Å²) in [6.45, 7) is 6.17. The van der Waals surface area contributed by atoms with Crippen molar-refractivity contribution in [1.82, 2.24) is 30.0 Å². The molecule has 0 N–H and O–H groups in total. The quantitative estimate of drug-likeness (QED) is 0.797. The molecule has 0 radical (unpaired) electrons. The molecular weight excluding hydrogens is 310 g/mol. The van der Waals surface area contributed by atoms with Gasteiger partial charge in [-0.25, -0.2) is 13.5 Å². The lowest BCUT2D eigenvalue weighted by Gasteiger charge is -2.25. The summed E-state index contributed by atoms with van der Waals surface area (Å²) < 4.78 is 31.6. The van der Waals surface area contributed by atoms with Crippen molar-refractivity contribution in [3.63, 3.8) is 0 Å². The third-order valence-corrected chi connectivity index (χ3v) is 3.26. The van der Waals surface area contributed by atoms with Gasteiger partial charge in [-0.1, -0.05) is 10.4 Å². The minimum atomic E-state index is -2.61. The van der Waals surface area contributed by atoms with Gasteiger partial charge < -0.3 is 9.42 Å². The molecule has 2 rings (SSSR count). The van der Waals surface area contributed by atoms with E-state index in [0.29, 0.717) is 17.4 Å². The Labute approximate surface area is 131 Å². The minimum Gasteiger partial charge on any atom is -0.340 e. The number of carbonyl (C=O) groups is 1. The average Bonchev–Trinajstić information content (AvgIpc) is 3.03. The maximum absolute atomic E-state index is 12.7. The van der Waals surface area contributed by atoms with Crippen molar-refractivity contribution in [1.29, 1.82) is 0 Å². The highest BCUT2D eigenvalue weighted by Gasteiger charge is 2.27. The van der Waals surface area contributed by atoms with Crippen LogP contribution in [-0.4, -0.2) is 55.0 Å². The van der Waals surface area contributed by atoms with E-state index in [1.807, 2.05) is 0 Å². The van der Waals surface area contributed by atoms with Crippen LogP contribution in [0.1, 0.15) is 41.7 Å². The third-order valence-electron chi connectivity index (χ3n) is 3.26. The van der Waals surface area contributed by atoms with Crippen molar-refractivity contribution >= 4 is 5.91 Å². The largest absolute Gasteiger partial charge is 0.340 e. The molecule has 0 fully saturated rings. The van der Waals surface area contributed by atoms with E-state index < -0.39 is 18.9 Å². The zero-order valence-electron chi connectivity index (χ0n) is 13.3. The second-order valence-electron chi connectivity index (χ2n) is 5.35. The van der Waals surface area contributed by atoms with Crippen molar-refractivity contribution in [2.75, 3.05) is 6.54 Å².